The molecule has 3 heterocycles. The van der Waals surface area contributed by atoms with Crippen molar-refractivity contribution in [1.82, 2.24) is 24.6 Å². The van der Waals surface area contributed by atoms with Gasteiger partial charge in [-0.25, -0.2) is 9.67 Å². The van der Waals surface area contributed by atoms with Gasteiger partial charge in [-0.1, -0.05) is 55.3 Å². The molecule has 5 rings (SSSR count). The lowest BCUT2D eigenvalue weighted by Crippen LogP contribution is -2.48. The second-order valence-electron chi connectivity index (χ2n) is 8.98. The molecule has 1 aromatic carbocycles. The number of piperazine rings is 1. The second-order valence-corrected chi connectivity index (χ2v) is 8.98. The molecule has 6 nitrogen and oxygen atoms in total. The number of nitrogens with zero attached hydrogens (tertiary/aromatic N) is 5. The van der Waals surface area contributed by atoms with Gasteiger partial charge in [0.15, 0.2) is 5.65 Å². The Morgan fingerprint density at radius 1 is 1.09 bits per heavy atom. The zero-order chi connectivity index (χ0) is 21.9. The van der Waals surface area contributed by atoms with Crippen LogP contribution in [-0.4, -0.2) is 63.2 Å². The molecule has 2 aromatic heterocycles. The lowest BCUT2D eigenvalue weighted by atomic mass is 10.1. The van der Waals surface area contributed by atoms with Gasteiger partial charge in [0.1, 0.15) is 0 Å². The van der Waals surface area contributed by atoms with Gasteiger partial charge in [0.25, 0.3) is 5.91 Å². The lowest BCUT2D eigenvalue weighted by Gasteiger charge is -2.34. The van der Waals surface area contributed by atoms with E-state index in [-0.39, 0.29) is 5.91 Å². The van der Waals surface area contributed by atoms with Crippen molar-refractivity contribution in [1.29, 1.82) is 0 Å². The van der Waals surface area contributed by atoms with Crippen LogP contribution in [0.1, 0.15) is 53.3 Å². The van der Waals surface area contributed by atoms with Crippen LogP contribution >= 0.6 is 0 Å². The molecule has 1 aliphatic heterocycles. The molecule has 1 amide bonds. The minimum Gasteiger partial charge on any atom is -0.336 e. The van der Waals surface area contributed by atoms with Gasteiger partial charge < -0.3 is 4.90 Å². The van der Waals surface area contributed by atoms with E-state index in [4.69, 9.17) is 4.98 Å². The second kappa shape index (κ2) is 9.25. The molecule has 1 aliphatic carbocycles. The third-order valence-corrected chi connectivity index (χ3v) is 6.73. The molecule has 0 atom stereocenters. The highest BCUT2D eigenvalue weighted by Crippen LogP contribution is 2.32. The largest absolute Gasteiger partial charge is 0.336 e. The van der Waals surface area contributed by atoms with Crippen LogP contribution in [-0.2, 0) is 0 Å². The summed E-state index contributed by atoms with van der Waals surface area (Å²) in [4.78, 5) is 22.6. The topological polar surface area (TPSA) is 54.3 Å². The summed E-state index contributed by atoms with van der Waals surface area (Å²) in [5.74, 6) is 0.103. The zero-order valence-electron chi connectivity index (χ0n) is 18.8. The first kappa shape index (κ1) is 20.9. The number of benzene rings is 1. The first-order valence-corrected chi connectivity index (χ1v) is 11.8. The Balaban J connectivity index is 1.25. The SMILES string of the molecule is Cc1cc(C(=O)N2CCN(CC=Cc3ccccc3)CC2)c2cnn(C3CCCC3)c2n1. The molecule has 0 radical (unpaired) electrons. The van der Waals surface area contributed by atoms with E-state index in [2.05, 4.69) is 51.1 Å². The van der Waals surface area contributed by atoms with Gasteiger partial charge in [-0.15, -0.1) is 0 Å². The molecule has 1 saturated carbocycles. The number of aryl methyl sites for hydroxylation is 1. The van der Waals surface area contributed by atoms with Gasteiger partial charge >= 0.3 is 0 Å². The number of fused-ring (bicyclic) bond motifs is 1. The van der Waals surface area contributed by atoms with Crippen molar-refractivity contribution >= 4 is 23.0 Å². The van der Waals surface area contributed by atoms with E-state index in [1.165, 1.54) is 18.4 Å². The highest BCUT2D eigenvalue weighted by atomic mass is 16.2. The summed E-state index contributed by atoms with van der Waals surface area (Å²) in [6.45, 7) is 6.15. The minimum atomic E-state index is 0.103. The summed E-state index contributed by atoms with van der Waals surface area (Å²) in [6, 6.07) is 12.7. The van der Waals surface area contributed by atoms with Crippen molar-refractivity contribution in [3.63, 3.8) is 0 Å². The van der Waals surface area contributed by atoms with Crippen molar-refractivity contribution in [2.75, 3.05) is 32.7 Å². The summed E-state index contributed by atoms with van der Waals surface area (Å²) < 4.78 is 2.06. The monoisotopic (exact) mass is 429 g/mol. The number of amides is 1. The van der Waals surface area contributed by atoms with E-state index in [9.17, 15) is 4.79 Å². The number of pyridine rings is 1. The maximum Gasteiger partial charge on any atom is 0.254 e. The number of aromatic nitrogens is 3. The highest BCUT2D eigenvalue weighted by molar-refractivity contribution is 6.05. The predicted octanol–water partition coefficient (Wildman–Crippen LogP) is 4.33. The summed E-state index contributed by atoms with van der Waals surface area (Å²) in [5.41, 5.74) is 3.71. The van der Waals surface area contributed by atoms with Crippen molar-refractivity contribution in [3.8, 4) is 0 Å². The van der Waals surface area contributed by atoms with Crippen LogP contribution in [0.5, 0.6) is 0 Å². The number of carbonyl (C=O) groups is 1. The molecule has 0 bridgehead atoms. The Bertz CT molecular complexity index is 1110. The smallest absolute Gasteiger partial charge is 0.254 e. The van der Waals surface area contributed by atoms with E-state index < -0.39 is 0 Å². The first-order chi connectivity index (χ1) is 15.7. The van der Waals surface area contributed by atoms with Gasteiger partial charge in [-0.2, -0.15) is 5.10 Å². The van der Waals surface area contributed by atoms with E-state index in [1.54, 1.807) is 0 Å². The van der Waals surface area contributed by atoms with Gasteiger partial charge in [0.05, 0.1) is 23.2 Å². The molecule has 1 saturated heterocycles. The van der Waals surface area contributed by atoms with Gasteiger partial charge in [0.2, 0.25) is 0 Å². The van der Waals surface area contributed by atoms with Crippen LogP contribution in [0.15, 0.2) is 48.7 Å². The Kier molecular flexibility index (Phi) is 6.04. The third-order valence-electron chi connectivity index (χ3n) is 6.73. The van der Waals surface area contributed by atoms with Crippen molar-refractivity contribution in [2.24, 2.45) is 0 Å². The van der Waals surface area contributed by atoms with Crippen molar-refractivity contribution in [2.45, 2.75) is 38.6 Å². The van der Waals surface area contributed by atoms with Crippen LogP contribution in [0.2, 0.25) is 0 Å². The zero-order valence-corrected chi connectivity index (χ0v) is 18.8. The number of rotatable bonds is 5. The molecule has 166 valence electrons. The molecule has 0 N–H and O–H groups in total. The van der Waals surface area contributed by atoms with Crippen LogP contribution in [0.4, 0.5) is 0 Å². The third kappa shape index (κ3) is 4.32. The van der Waals surface area contributed by atoms with E-state index >= 15 is 0 Å². The molecule has 3 aromatic rings. The van der Waals surface area contributed by atoms with Gasteiger partial charge in [-0.3, -0.25) is 9.69 Å². The van der Waals surface area contributed by atoms with Gasteiger partial charge in [0, 0.05) is 38.4 Å². The molecular formula is C26H31N5O. The fourth-order valence-corrected chi connectivity index (χ4v) is 4.94. The quantitative estimate of drug-likeness (QED) is 0.606. The van der Waals surface area contributed by atoms with Crippen LogP contribution in [0.25, 0.3) is 17.1 Å². The highest BCUT2D eigenvalue weighted by Gasteiger charge is 2.26. The molecular weight excluding hydrogens is 398 g/mol. The number of carbonyl (C=O) groups excluding carboxylic acids is 1. The standard InChI is InChI=1S/C26H31N5O/c1-20-18-23(24-19-27-31(25(24)28-20)22-11-5-6-12-22)26(32)30-16-14-29(15-17-30)13-7-10-21-8-3-2-4-9-21/h2-4,7-10,18-19,22H,5-6,11-17H2,1H3. The van der Waals surface area contributed by atoms with Crippen molar-refractivity contribution in [3.05, 3.63) is 65.5 Å². The molecule has 2 aliphatic rings. The van der Waals surface area contributed by atoms with E-state index in [1.807, 2.05) is 30.2 Å². The van der Waals surface area contributed by atoms with Gasteiger partial charge in [-0.05, 0) is 31.4 Å². The average molecular weight is 430 g/mol. The molecule has 32 heavy (non-hydrogen) atoms. The Hall–Kier alpha value is -2.99. The Morgan fingerprint density at radius 3 is 2.59 bits per heavy atom. The van der Waals surface area contributed by atoms with Crippen LogP contribution in [0.3, 0.4) is 0 Å². The van der Waals surface area contributed by atoms with E-state index in [0.717, 1.165) is 67.9 Å². The summed E-state index contributed by atoms with van der Waals surface area (Å²) in [5, 5.41) is 5.53. The maximum absolute atomic E-state index is 13.4. The predicted molar refractivity (Wildman–Crippen MR) is 128 cm³/mol. The van der Waals surface area contributed by atoms with Crippen LogP contribution in [0, 0.1) is 6.92 Å². The average Bonchev–Trinajstić information content (AvgIpc) is 3.49. The maximum atomic E-state index is 13.4. The Labute approximate surface area is 189 Å². The molecule has 0 spiro atoms. The molecule has 0 unspecified atom stereocenters. The fourth-order valence-electron chi connectivity index (χ4n) is 4.94. The lowest BCUT2D eigenvalue weighted by molar-refractivity contribution is 0.0652. The normalized spacial score (nSPS) is 18.2. The minimum absolute atomic E-state index is 0.103. The Morgan fingerprint density at radius 2 is 1.84 bits per heavy atom. The summed E-state index contributed by atoms with van der Waals surface area (Å²) in [6.07, 6.45) is 11.0. The molecule has 6 heteroatoms. The first-order valence-electron chi connectivity index (χ1n) is 11.8. The summed E-state index contributed by atoms with van der Waals surface area (Å²) in [7, 11) is 0. The van der Waals surface area contributed by atoms with E-state index in [0.29, 0.717) is 6.04 Å². The summed E-state index contributed by atoms with van der Waals surface area (Å²) >= 11 is 0. The fraction of sp³-hybridized carbons (Fsp3) is 0.423. The number of hydrogen-bond acceptors (Lipinski definition) is 4. The van der Waals surface area contributed by atoms with Crippen molar-refractivity contribution < 1.29 is 4.79 Å². The number of hydrogen-bond donors (Lipinski definition) is 0. The molecule has 2 fully saturated rings. The van der Waals surface area contributed by atoms with Crippen LogP contribution < -0.4 is 0 Å².